The molecule has 32 heavy (non-hydrogen) atoms. The van der Waals surface area contributed by atoms with Gasteiger partial charge in [0.05, 0.1) is 18.9 Å². The standard InChI is InChI=1S/C29H37NO2/c1-3-5-6-7-8-9-10-13-22-32-29-21-16-24(27-14-11-12-15-28(27)29)23-30-25-17-19-26(20-18-25)31-4-2/h11-12,14-21,23H,3-10,13,22H2,1-2H3. The highest BCUT2D eigenvalue weighted by Gasteiger charge is 2.06. The number of rotatable bonds is 14. The maximum absolute atomic E-state index is 6.16. The third-order valence-corrected chi connectivity index (χ3v) is 5.67. The van der Waals surface area contributed by atoms with E-state index < -0.39 is 0 Å². The number of nitrogens with zero attached hydrogens (tertiary/aromatic N) is 1. The van der Waals surface area contributed by atoms with Gasteiger partial charge in [-0.1, -0.05) is 76.1 Å². The van der Waals surface area contributed by atoms with Crippen molar-refractivity contribution in [1.82, 2.24) is 0 Å². The van der Waals surface area contributed by atoms with Crippen molar-refractivity contribution in [3.8, 4) is 11.5 Å². The molecule has 3 heteroatoms. The molecule has 3 aromatic rings. The summed E-state index contributed by atoms with van der Waals surface area (Å²) in [4.78, 5) is 4.66. The molecule has 0 amide bonds. The summed E-state index contributed by atoms with van der Waals surface area (Å²) in [6, 6.07) is 20.4. The van der Waals surface area contributed by atoms with E-state index in [4.69, 9.17) is 9.47 Å². The number of unbranched alkanes of at least 4 members (excludes halogenated alkanes) is 7. The van der Waals surface area contributed by atoms with Crippen molar-refractivity contribution in [3.05, 3.63) is 66.2 Å². The molecule has 0 bridgehead atoms. The maximum Gasteiger partial charge on any atom is 0.127 e. The molecule has 0 N–H and O–H groups in total. The van der Waals surface area contributed by atoms with Crippen LogP contribution in [0.1, 0.15) is 70.8 Å². The zero-order valence-electron chi connectivity index (χ0n) is 19.7. The first-order valence-electron chi connectivity index (χ1n) is 12.2. The third kappa shape index (κ3) is 7.40. The smallest absolute Gasteiger partial charge is 0.127 e. The molecule has 0 aliphatic carbocycles. The summed E-state index contributed by atoms with van der Waals surface area (Å²) in [6.45, 7) is 5.70. The SMILES string of the molecule is CCCCCCCCCCOc1ccc(C=Nc2ccc(OCC)cc2)c2ccccc12. The van der Waals surface area contributed by atoms with Gasteiger partial charge in [-0.3, -0.25) is 4.99 Å². The zero-order chi connectivity index (χ0) is 22.4. The summed E-state index contributed by atoms with van der Waals surface area (Å²) in [7, 11) is 0. The van der Waals surface area contributed by atoms with Gasteiger partial charge in [-0.05, 0) is 55.1 Å². The van der Waals surface area contributed by atoms with Crippen LogP contribution in [0, 0.1) is 0 Å². The van der Waals surface area contributed by atoms with Crippen molar-refractivity contribution in [2.24, 2.45) is 4.99 Å². The normalized spacial score (nSPS) is 11.3. The van der Waals surface area contributed by atoms with Gasteiger partial charge in [-0.15, -0.1) is 0 Å². The van der Waals surface area contributed by atoms with Crippen LogP contribution in [0.25, 0.3) is 10.8 Å². The van der Waals surface area contributed by atoms with Crippen molar-refractivity contribution in [1.29, 1.82) is 0 Å². The molecule has 0 radical (unpaired) electrons. The largest absolute Gasteiger partial charge is 0.494 e. The van der Waals surface area contributed by atoms with Crippen LogP contribution in [-0.4, -0.2) is 19.4 Å². The second-order valence-corrected chi connectivity index (χ2v) is 8.21. The average Bonchev–Trinajstić information content (AvgIpc) is 2.83. The third-order valence-electron chi connectivity index (χ3n) is 5.67. The minimum Gasteiger partial charge on any atom is -0.494 e. The van der Waals surface area contributed by atoms with E-state index in [1.54, 1.807) is 0 Å². The van der Waals surface area contributed by atoms with E-state index in [2.05, 4.69) is 48.3 Å². The lowest BCUT2D eigenvalue weighted by molar-refractivity contribution is 0.307. The first kappa shape index (κ1) is 23.8. The Morgan fingerprint density at radius 1 is 0.688 bits per heavy atom. The lowest BCUT2D eigenvalue weighted by Gasteiger charge is -2.11. The van der Waals surface area contributed by atoms with Crippen molar-refractivity contribution >= 4 is 22.7 Å². The minimum atomic E-state index is 0.669. The highest BCUT2D eigenvalue weighted by molar-refractivity contribution is 6.02. The van der Waals surface area contributed by atoms with E-state index in [9.17, 15) is 0 Å². The summed E-state index contributed by atoms with van der Waals surface area (Å²) >= 11 is 0. The van der Waals surface area contributed by atoms with Crippen LogP contribution in [0.4, 0.5) is 5.69 Å². The summed E-state index contributed by atoms with van der Waals surface area (Å²) < 4.78 is 11.7. The lowest BCUT2D eigenvalue weighted by Crippen LogP contribution is -1.99. The topological polar surface area (TPSA) is 30.8 Å². The fraction of sp³-hybridized carbons (Fsp3) is 0.414. The van der Waals surface area contributed by atoms with Gasteiger partial charge in [0.1, 0.15) is 11.5 Å². The quantitative estimate of drug-likeness (QED) is 0.189. The highest BCUT2D eigenvalue weighted by atomic mass is 16.5. The molecule has 0 aliphatic rings. The number of hydrogen-bond donors (Lipinski definition) is 0. The summed E-state index contributed by atoms with van der Waals surface area (Å²) in [5, 5.41) is 2.30. The minimum absolute atomic E-state index is 0.669. The Morgan fingerprint density at radius 2 is 1.38 bits per heavy atom. The maximum atomic E-state index is 6.16. The molecule has 0 fully saturated rings. The molecular formula is C29H37NO2. The van der Waals surface area contributed by atoms with Crippen molar-refractivity contribution in [3.63, 3.8) is 0 Å². The van der Waals surface area contributed by atoms with Crippen LogP contribution in [0.2, 0.25) is 0 Å². The van der Waals surface area contributed by atoms with E-state index in [0.29, 0.717) is 6.61 Å². The molecule has 170 valence electrons. The predicted molar refractivity (Wildman–Crippen MR) is 137 cm³/mol. The van der Waals surface area contributed by atoms with Crippen LogP contribution in [-0.2, 0) is 0 Å². The molecule has 0 unspecified atom stereocenters. The van der Waals surface area contributed by atoms with E-state index in [1.807, 2.05) is 37.4 Å². The van der Waals surface area contributed by atoms with Gasteiger partial charge in [-0.2, -0.15) is 0 Å². The Bertz CT molecular complexity index is 963. The van der Waals surface area contributed by atoms with Crippen molar-refractivity contribution in [2.75, 3.05) is 13.2 Å². The molecule has 0 atom stereocenters. The van der Waals surface area contributed by atoms with Crippen LogP contribution < -0.4 is 9.47 Å². The molecule has 0 saturated carbocycles. The Hall–Kier alpha value is -2.81. The molecule has 3 rings (SSSR count). The number of ether oxygens (including phenoxy) is 2. The molecule has 0 saturated heterocycles. The van der Waals surface area contributed by atoms with Gasteiger partial charge < -0.3 is 9.47 Å². The van der Waals surface area contributed by atoms with Crippen LogP contribution in [0.5, 0.6) is 11.5 Å². The van der Waals surface area contributed by atoms with E-state index in [0.717, 1.165) is 46.6 Å². The highest BCUT2D eigenvalue weighted by Crippen LogP contribution is 2.29. The Labute approximate surface area is 193 Å². The molecule has 0 spiro atoms. The van der Waals surface area contributed by atoms with E-state index >= 15 is 0 Å². The molecular weight excluding hydrogens is 394 g/mol. The van der Waals surface area contributed by atoms with Crippen LogP contribution in [0.3, 0.4) is 0 Å². The summed E-state index contributed by atoms with van der Waals surface area (Å²) in [6.07, 6.45) is 12.4. The van der Waals surface area contributed by atoms with Gasteiger partial charge in [0, 0.05) is 17.2 Å². The van der Waals surface area contributed by atoms with Crippen molar-refractivity contribution < 1.29 is 9.47 Å². The van der Waals surface area contributed by atoms with Crippen LogP contribution in [0.15, 0.2) is 65.7 Å². The molecule has 0 heterocycles. The van der Waals surface area contributed by atoms with Gasteiger partial charge in [0.15, 0.2) is 0 Å². The molecule has 3 nitrogen and oxygen atoms in total. The second-order valence-electron chi connectivity index (χ2n) is 8.21. The molecule has 0 aromatic heterocycles. The first-order valence-corrected chi connectivity index (χ1v) is 12.2. The number of hydrogen-bond acceptors (Lipinski definition) is 3. The molecule has 3 aromatic carbocycles. The van der Waals surface area contributed by atoms with Gasteiger partial charge in [-0.25, -0.2) is 0 Å². The van der Waals surface area contributed by atoms with E-state index in [1.165, 1.54) is 44.9 Å². The number of aliphatic imine (C=N–C) groups is 1. The summed E-state index contributed by atoms with van der Waals surface area (Å²) in [5.41, 5.74) is 2.00. The Balaban J connectivity index is 1.57. The summed E-state index contributed by atoms with van der Waals surface area (Å²) in [5.74, 6) is 1.83. The second kappa shape index (κ2) is 13.6. The molecule has 0 aliphatic heterocycles. The number of benzene rings is 3. The lowest BCUT2D eigenvalue weighted by atomic mass is 10.0. The Morgan fingerprint density at radius 3 is 2.09 bits per heavy atom. The fourth-order valence-electron chi connectivity index (χ4n) is 3.89. The van der Waals surface area contributed by atoms with E-state index in [-0.39, 0.29) is 0 Å². The predicted octanol–water partition coefficient (Wildman–Crippen LogP) is 8.51. The fourth-order valence-corrected chi connectivity index (χ4v) is 3.89. The number of fused-ring (bicyclic) bond motifs is 1. The first-order chi connectivity index (χ1) is 15.8. The van der Waals surface area contributed by atoms with Crippen LogP contribution >= 0.6 is 0 Å². The monoisotopic (exact) mass is 431 g/mol. The van der Waals surface area contributed by atoms with Gasteiger partial charge in [0.2, 0.25) is 0 Å². The average molecular weight is 432 g/mol. The zero-order valence-corrected chi connectivity index (χ0v) is 19.7. The van der Waals surface area contributed by atoms with Gasteiger partial charge in [0.25, 0.3) is 0 Å². The van der Waals surface area contributed by atoms with Crippen molar-refractivity contribution in [2.45, 2.75) is 65.2 Å². The van der Waals surface area contributed by atoms with Gasteiger partial charge >= 0.3 is 0 Å². The Kier molecular flexibility index (Phi) is 10.1.